The Hall–Kier alpha value is -1.46. The molecular weight excluding hydrogens is 256 g/mol. The van der Waals surface area contributed by atoms with E-state index in [1.165, 1.54) is 0 Å². The Bertz CT molecular complexity index is 386. The fraction of sp³-hybridized carbons (Fsp3) is 0.417. The lowest BCUT2D eigenvalue weighted by Gasteiger charge is -2.11. The second kappa shape index (κ2) is 8.60. The van der Waals surface area contributed by atoms with Gasteiger partial charge < -0.3 is 20.5 Å². The number of amides is 1. The number of methoxy groups -OCH3 is 1. The van der Waals surface area contributed by atoms with E-state index >= 15 is 0 Å². The first-order valence-corrected chi connectivity index (χ1v) is 5.52. The summed E-state index contributed by atoms with van der Waals surface area (Å²) in [7, 11) is 1.56. The van der Waals surface area contributed by atoms with Crippen LogP contribution in [0.4, 0.5) is 5.69 Å². The fourth-order valence-electron chi connectivity index (χ4n) is 1.37. The lowest BCUT2D eigenvalue weighted by molar-refractivity contribution is -0.116. The molecule has 18 heavy (non-hydrogen) atoms. The number of carbonyl (C=O) groups excluding carboxylic acids is 1. The molecular formula is C12H19ClN2O3. The summed E-state index contributed by atoms with van der Waals surface area (Å²) in [5.74, 6) is 1.14. The number of halogens is 1. The van der Waals surface area contributed by atoms with E-state index < -0.39 is 0 Å². The van der Waals surface area contributed by atoms with Crippen LogP contribution in [-0.4, -0.2) is 26.2 Å². The summed E-state index contributed by atoms with van der Waals surface area (Å²) in [4.78, 5) is 11.4. The van der Waals surface area contributed by atoms with Crippen molar-refractivity contribution in [2.24, 2.45) is 5.73 Å². The van der Waals surface area contributed by atoms with Crippen LogP contribution in [-0.2, 0) is 4.79 Å². The van der Waals surface area contributed by atoms with Crippen molar-refractivity contribution in [1.29, 1.82) is 0 Å². The Morgan fingerprint density at radius 2 is 2.11 bits per heavy atom. The highest BCUT2D eigenvalue weighted by molar-refractivity contribution is 5.91. The first kappa shape index (κ1) is 16.5. The van der Waals surface area contributed by atoms with Crippen molar-refractivity contribution in [3.8, 4) is 11.5 Å². The number of ether oxygens (including phenoxy) is 2. The number of nitrogens with two attached hydrogens (primary N) is 1. The van der Waals surface area contributed by atoms with Crippen molar-refractivity contribution >= 4 is 24.0 Å². The van der Waals surface area contributed by atoms with Gasteiger partial charge >= 0.3 is 0 Å². The summed E-state index contributed by atoms with van der Waals surface area (Å²) >= 11 is 0. The summed E-state index contributed by atoms with van der Waals surface area (Å²) in [6.07, 6.45) is 0.301. The van der Waals surface area contributed by atoms with Gasteiger partial charge in [0.05, 0.1) is 13.7 Å². The molecule has 5 nitrogen and oxygen atoms in total. The second-order valence-electron chi connectivity index (χ2n) is 3.39. The standard InChI is InChI=1S/C12H18N2O3.ClH/c1-3-17-10-5-4-9(8-11(10)16-2)14-12(15)6-7-13;/h4-5,8H,3,6-7,13H2,1-2H3,(H,14,15);1H. The Kier molecular flexibility index (Phi) is 7.91. The summed E-state index contributed by atoms with van der Waals surface area (Å²) < 4.78 is 10.6. The minimum Gasteiger partial charge on any atom is -0.493 e. The molecule has 0 fully saturated rings. The first-order chi connectivity index (χ1) is 8.21. The van der Waals surface area contributed by atoms with Crippen molar-refractivity contribution in [2.45, 2.75) is 13.3 Å². The number of nitrogens with one attached hydrogen (secondary N) is 1. The molecule has 0 atom stereocenters. The minimum atomic E-state index is -0.112. The molecule has 0 radical (unpaired) electrons. The third kappa shape index (κ3) is 4.81. The van der Waals surface area contributed by atoms with E-state index in [4.69, 9.17) is 15.2 Å². The normalized spacial score (nSPS) is 9.28. The zero-order valence-electron chi connectivity index (χ0n) is 10.6. The van der Waals surface area contributed by atoms with Crippen molar-refractivity contribution in [2.75, 3.05) is 25.6 Å². The van der Waals surface area contributed by atoms with Gasteiger partial charge in [0.15, 0.2) is 11.5 Å². The molecule has 0 heterocycles. The maximum absolute atomic E-state index is 11.4. The van der Waals surface area contributed by atoms with Crippen molar-refractivity contribution < 1.29 is 14.3 Å². The maximum atomic E-state index is 11.4. The highest BCUT2D eigenvalue weighted by Gasteiger charge is 2.07. The van der Waals surface area contributed by atoms with Crippen molar-refractivity contribution in [1.82, 2.24) is 0 Å². The fourth-order valence-corrected chi connectivity index (χ4v) is 1.37. The van der Waals surface area contributed by atoms with Crippen LogP contribution in [0.15, 0.2) is 18.2 Å². The molecule has 3 N–H and O–H groups in total. The van der Waals surface area contributed by atoms with Crippen LogP contribution >= 0.6 is 12.4 Å². The lowest BCUT2D eigenvalue weighted by atomic mass is 10.2. The minimum absolute atomic E-state index is 0. The molecule has 0 saturated carbocycles. The van der Waals surface area contributed by atoms with Gasteiger partial charge in [-0.1, -0.05) is 0 Å². The maximum Gasteiger partial charge on any atom is 0.225 e. The molecule has 6 heteroatoms. The third-order valence-electron chi connectivity index (χ3n) is 2.12. The van der Waals surface area contributed by atoms with Crippen LogP contribution in [0.25, 0.3) is 0 Å². The van der Waals surface area contributed by atoms with E-state index in [-0.39, 0.29) is 18.3 Å². The number of rotatable bonds is 6. The van der Waals surface area contributed by atoms with Crippen LogP contribution in [0.2, 0.25) is 0 Å². The van der Waals surface area contributed by atoms with Crippen LogP contribution in [0.5, 0.6) is 11.5 Å². The molecule has 1 aromatic carbocycles. The van der Waals surface area contributed by atoms with Crippen LogP contribution in [0.3, 0.4) is 0 Å². The van der Waals surface area contributed by atoms with Gasteiger partial charge in [-0.3, -0.25) is 4.79 Å². The van der Waals surface area contributed by atoms with Crippen molar-refractivity contribution in [3.05, 3.63) is 18.2 Å². The van der Waals surface area contributed by atoms with Gasteiger partial charge in [0.25, 0.3) is 0 Å². The molecule has 0 aliphatic carbocycles. The van der Waals surface area contributed by atoms with Crippen LogP contribution in [0.1, 0.15) is 13.3 Å². The number of carbonyl (C=O) groups is 1. The number of anilines is 1. The van der Waals surface area contributed by atoms with E-state index in [2.05, 4.69) is 5.32 Å². The molecule has 0 aliphatic rings. The lowest BCUT2D eigenvalue weighted by Crippen LogP contribution is -2.16. The van der Waals surface area contributed by atoms with E-state index in [1.54, 1.807) is 25.3 Å². The molecule has 0 bridgehead atoms. The Morgan fingerprint density at radius 3 is 2.67 bits per heavy atom. The summed E-state index contributed by atoms with van der Waals surface area (Å²) in [5, 5.41) is 2.73. The van der Waals surface area contributed by atoms with Gasteiger partial charge in [-0.2, -0.15) is 0 Å². The van der Waals surface area contributed by atoms with E-state index in [9.17, 15) is 4.79 Å². The largest absolute Gasteiger partial charge is 0.493 e. The zero-order chi connectivity index (χ0) is 12.7. The second-order valence-corrected chi connectivity index (χ2v) is 3.39. The molecule has 0 unspecified atom stereocenters. The average molecular weight is 275 g/mol. The number of hydrogen-bond donors (Lipinski definition) is 2. The summed E-state index contributed by atoms with van der Waals surface area (Å²) in [5.41, 5.74) is 5.97. The zero-order valence-corrected chi connectivity index (χ0v) is 11.4. The van der Waals surface area contributed by atoms with Gasteiger partial charge in [0.2, 0.25) is 5.91 Å². The molecule has 0 spiro atoms. The van der Waals surface area contributed by atoms with E-state index in [0.717, 1.165) is 0 Å². The smallest absolute Gasteiger partial charge is 0.225 e. The van der Waals surface area contributed by atoms with Crippen molar-refractivity contribution in [3.63, 3.8) is 0 Å². The van der Waals surface area contributed by atoms with E-state index in [1.807, 2.05) is 6.92 Å². The SMILES string of the molecule is CCOc1ccc(NC(=O)CCN)cc1OC.Cl. The quantitative estimate of drug-likeness (QED) is 0.830. The van der Waals surface area contributed by atoms with Gasteiger partial charge in [-0.15, -0.1) is 12.4 Å². The van der Waals surface area contributed by atoms with E-state index in [0.29, 0.717) is 36.8 Å². The summed E-state index contributed by atoms with van der Waals surface area (Å²) in [6, 6.07) is 5.25. The van der Waals surface area contributed by atoms with Gasteiger partial charge in [-0.25, -0.2) is 0 Å². The van der Waals surface area contributed by atoms with Gasteiger partial charge in [0.1, 0.15) is 0 Å². The molecule has 0 aromatic heterocycles. The number of hydrogen-bond acceptors (Lipinski definition) is 4. The number of benzene rings is 1. The first-order valence-electron chi connectivity index (χ1n) is 5.52. The monoisotopic (exact) mass is 274 g/mol. The molecule has 102 valence electrons. The third-order valence-corrected chi connectivity index (χ3v) is 2.12. The van der Waals surface area contributed by atoms with Gasteiger partial charge in [0, 0.05) is 24.7 Å². The average Bonchev–Trinajstić information content (AvgIpc) is 2.31. The van der Waals surface area contributed by atoms with Crippen LogP contribution < -0.4 is 20.5 Å². The predicted molar refractivity (Wildman–Crippen MR) is 73.7 cm³/mol. The van der Waals surface area contributed by atoms with Crippen LogP contribution in [0, 0.1) is 0 Å². The Morgan fingerprint density at radius 1 is 1.39 bits per heavy atom. The highest BCUT2D eigenvalue weighted by atomic mass is 35.5. The highest BCUT2D eigenvalue weighted by Crippen LogP contribution is 2.30. The predicted octanol–water partition coefficient (Wildman–Crippen LogP) is 1.80. The van der Waals surface area contributed by atoms with Gasteiger partial charge in [-0.05, 0) is 19.1 Å². The molecule has 0 saturated heterocycles. The summed E-state index contributed by atoms with van der Waals surface area (Å²) in [6.45, 7) is 2.80. The Labute approximate surface area is 113 Å². The Balaban J connectivity index is 0.00000289. The topological polar surface area (TPSA) is 73.6 Å². The molecule has 1 amide bonds. The molecule has 0 aliphatic heterocycles. The molecule has 1 aromatic rings. The molecule has 1 rings (SSSR count).